The highest BCUT2D eigenvalue weighted by atomic mass is 16.4. The molecule has 0 amide bonds. The van der Waals surface area contributed by atoms with Gasteiger partial charge in [-0.1, -0.05) is 54.6 Å². The summed E-state index contributed by atoms with van der Waals surface area (Å²) in [5.41, 5.74) is 3.84. The van der Waals surface area contributed by atoms with Gasteiger partial charge in [-0.2, -0.15) is 0 Å². The van der Waals surface area contributed by atoms with Crippen LogP contribution in [0.3, 0.4) is 0 Å². The van der Waals surface area contributed by atoms with Crippen molar-refractivity contribution in [1.29, 1.82) is 0 Å². The highest BCUT2D eigenvalue weighted by Crippen LogP contribution is 2.20. The molecule has 0 saturated heterocycles. The second kappa shape index (κ2) is 7.12. The number of nitrogens with zero attached hydrogens (tertiary/aromatic N) is 1. The summed E-state index contributed by atoms with van der Waals surface area (Å²) in [5.74, 6) is -0.933. The smallest absolute Gasteiger partial charge is 0.408 e. The van der Waals surface area contributed by atoms with E-state index in [2.05, 4.69) is 0 Å². The molecule has 0 radical (unpaired) electrons. The van der Waals surface area contributed by atoms with Crippen molar-refractivity contribution in [3.05, 3.63) is 94.5 Å². The number of carbonyl (C=O) groups is 2. The molecule has 1 heterocycles. The zero-order valence-electron chi connectivity index (χ0n) is 15.2. The molecule has 28 heavy (non-hydrogen) atoms. The van der Waals surface area contributed by atoms with Gasteiger partial charge in [-0.15, -0.1) is 0 Å². The van der Waals surface area contributed by atoms with Crippen molar-refractivity contribution >= 4 is 22.7 Å². The van der Waals surface area contributed by atoms with E-state index >= 15 is 0 Å². The van der Waals surface area contributed by atoms with Gasteiger partial charge in [-0.05, 0) is 36.2 Å². The largest absolute Gasteiger partial charge is 0.420 e. The fourth-order valence-electron chi connectivity index (χ4n) is 3.15. The summed E-state index contributed by atoms with van der Waals surface area (Å²) in [6.45, 7) is 1.31. The average molecular weight is 371 g/mol. The lowest BCUT2D eigenvalue weighted by molar-refractivity contribution is 0.0969. The van der Waals surface area contributed by atoms with Crippen LogP contribution in [0.25, 0.3) is 22.2 Å². The Bertz CT molecular complexity index is 1230. The number of oxazole rings is 1. The fourth-order valence-corrected chi connectivity index (χ4v) is 3.15. The zero-order valence-corrected chi connectivity index (χ0v) is 15.2. The monoisotopic (exact) mass is 371 g/mol. The van der Waals surface area contributed by atoms with Gasteiger partial charge >= 0.3 is 5.76 Å². The van der Waals surface area contributed by atoms with E-state index in [-0.39, 0.29) is 18.1 Å². The summed E-state index contributed by atoms with van der Waals surface area (Å²) in [6, 6.07) is 21.9. The number of ketones is 2. The molecule has 0 aliphatic heterocycles. The number of rotatable bonds is 5. The summed E-state index contributed by atoms with van der Waals surface area (Å²) < 4.78 is 6.49. The van der Waals surface area contributed by atoms with Gasteiger partial charge in [0.1, 0.15) is 0 Å². The Morgan fingerprint density at radius 3 is 2.18 bits per heavy atom. The number of fused-ring (bicyclic) bond motifs is 1. The highest BCUT2D eigenvalue weighted by Gasteiger charge is 2.15. The van der Waals surface area contributed by atoms with E-state index in [1.807, 2.05) is 42.5 Å². The summed E-state index contributed by atoms with van der Waals surface area (Å²) in [7, 11) is 0. The summed E-state index contributed by atoms with van der Waals surface area (Å²) in [4.78, 5) is 36.4. The fraction of sp³-hybridized carbons (Fsp3) is 0.0870. The molecule has 0 aliphatic carbocycles. The predicted octanol–water partition coefficient (Wildman–Crippen LogP) is 4.35. The number of hydrogen-bond acceptors (Lipinski definition) is 4. The van der Waals surface area contributed by atoms with E-state index in [4.69, 9.17) is 4.42 Å². The SMILES string of the molecule is CC(=O)c1ccc2c(c1)oc(=O)n2CC(=O)c1ccc(-c2ccccc2)cc1. The van der Waals surface area contributed by atoms with E-state index in [9.17, 15) is 14.4 Å². The van der Waals surface area contributed by atoms with Crippen molar-refractivity contribution in [3.8, 4) is 11.1 Å². The van der Waals surface area contributed by atoms with Crippen LogP contribution in [-0.4, -0.2) is 16.1 Å². The highest BCUT2D eigenvalue weighted by molar-refractivity contribution is 5.98. The Balaban J connectivity index is 1.61. The minimum atomic E-state index is -0.620. The van der Waals surface area contributed by atoms with Crippen molar-refractivity contribution in [1.82, 2.24) is 4.57 Å². The average Bonchev–Trinajstić information content (AvgIpc) is 3.03. The molecule has 4 rings (SSSR count). The normalized spacial score (nSPS) is 10.9. The number of hydrogen-bond donors (Lipinski definition) is 0. The predicted molar refractivity (Wildman–Crippen MR) is 107 cm³/mol. The molecule has 0 N–H and O–H groups in total. The molecule has 0 fully saturated rings. The van der Waals surface area contributed by atoms with Gasteiger partial charge in [0.2, 0.25) is 0 Å². The second-order valence-corrected chi connectivity index (χ2v) is 6.56. The van der Waals surface area contributed by atoms with Crippen molar-refractivity contribution in [2.45, 2.75) is 13.5 Å². The Morgan fingerprint density at radius 1 is 0.857 bits per heavy atom. The van der Waals surface area contributed by atoms with Gasteiger partial charge in [0.25, 0.3) is 0 Å². The van der Waals surface area contributed by atoms with Crippen molar-refractivity contribution in [2.75, 3.05) is 0 Å². The van der Waals surface area contributed by atoms with Gasteiger partial charge in [-0.3, -0.25) is 14.2 Å². The van der Waals surface area contributed by atoms with Crippen LogP contribution in [0.2, 0.25) is 0 Å². The minimum absolute atomic E-state index is 0.119. The maximum atomic E-state index is 12.7. The Morgan fingerprint density at radius 2 is 1.50 bits per heavy atom. The third-order valence-corrected chi connectivity index (χ3v) is 4.69. The van der Waals surface area contributed by atoms with E-state index in [0.29, 0.717) is 22.2 Å². The topological polar surface area (TPSA) is 69.3 Å². The van der Waals surface area contributed by atoms with Crippen molar-refractivity contribution < 1.29 is 14.0 Å². The van der Waals surface area contributed by atoms with E-state index in [1.165, 1.54) is 17.6 Å². The Kier molecular flexibility index (Phi) is 4.49. The third-order valence-electron chi connectivity index (χ3n) is 4.69. The molecule has 0 unspecified atom stereocenters. The molecular formula is C23H17NO4. The molecule has 4 aromatic rings. The molecule has 0 spiro atoms. The van der Waals surface area contributed by atoms with Crippen LogP contribution in [-0.2, 0) is 6.54 Å². The van der Waals surface area contributed by atoms with Crippen LogP contribution in [0.1, 0.15) is 27.6 Å². The van der Waals surface area contributed by atoms with Crippen LogP contribution in [0, 0.1) is 0 Å². The van der Waals surface area contributed by atoms with Crippen LogP contribution >= 0.6 is 0 Å². The van der Waals surface area contributed by atoms with Crippen molar-refractivity contribution in [2.24, 2.45) is 0 Å². The first-order valence-corrected chi connectivity index (χ1v) is 8.86. The Labute approximate surface area is 160 Å². The molecule has 1 aromatic heterocycles. The lowest BCUT2D eigenvalue weighted by Crippen LogP contribution is -2.20. The third kappa shape index (κ3) is 3.30. The van der Waals surface area contributed by atoms with Gasteiger partial charge in [0, 0.05) is 11.1 Å². The van der Waals surface area contributed by atoms with E-state index < -0.39 is 5.76 Å². The van der Waals surface area contributed by atoms with Crippen LogP contribution in [0.5, 0.6) is 0 Å². The van der Waals surface area contributed by atoms with Crippen LogP contribution < -0.4 is 5.76 Å². The number of Topliss-reactive ketones (excluding diaryl/α,β-unsaturated/α-hetero) is 2. The molecule has 138 valence electrons. The lowest BCUT2D eigenvalue weighted by Gasteiger charge is -2.05. The van der Waals surface area contributed by atoms with Gasteiger partial charge in [0.05, 0.1) is 12.1 Å². The molecule has 5 heteroatoms. The maximum Gasteiger partial charge on any atom is 0.420 e. The molecule has 0 saturated carbocycles. The first-order chi connectivity index (χ1) is 13.5. The molecule has 0 aliphatic rings. The lowest BCUT2D eigenvalue weighted by atomic mass is 10.0. The van der Waals surface area contributed by atoms with E-state index in [1.54, 1.807) is 24.3 Å². The molecule has 5 nitrogen and oxygen atoms in total. The molecule has 0 atom stereocenters. The number of aromatic nitrogens is 1. The van der Waals surface area contributed by atoms with Crippen molar-refractivity contribution in [3.63, 3.8) is 0 Å². The summed E-state index contributed by atoms with van der Waals surface area (Å²) >= 11 is 0. The number of benzene rings is 3. The number of carbonyl (C=O) groups excluding carboxylic acids is 2. The first-order valence-electron chi connectivity index (χ1n) is 8.86. The molecular weight excluding hydrogens is 354 g/mol. The minimum Gasteiger partial charge on any atom is -0.408 e. The zero-order chi connectivity index (χ0) is 19.7. The van der Waals surface area contributed by atoms with E-state index in [0.717, 1.165) is 11.1 Å². The summed E-state index contributed by atoms with van der Waals surface area (Å²) in [6.07, 6.45) is 0. The van der Waals surface area contributed by atoms with Crippen LogP contribution in [0.15, 0.2) is 82.0 Å². The first kappa shape index (κ1) is 17.7. The van der Waals surface area contributed by atoms with Gasteiger partial charge < -0.3 is 4.42 Å². The Hall–Kier alpha value is -3.73. The molecule has 3 aromatic carbocycles. The van der Waals surface area contributed by atoms with Crippen LogP contribution in [0.4, 0.5) is 0 Å². The quantitative estimate of drug-likeness (QED) is 0.489. The standard InChI is InChI=1S/C23H17NO4/c1-15(25)19-11-12-20-22(13-19)28-23(27)24(20)14-21(26)18-9-7-17(8-10-18)16-5-3-2-4-6-16/h2-13H,14H2,1H3. The second-order valence-electron chi connectivity index (χ2n) is 6.56. The summed E-state index contributed by atoms with van der Waals surface area (Å²) in [5, 5.41) is 0. The van der Waals surface area contributed by atoms with Gasteiger partial charge in [0.15, 0.2) is 17.1 Å². The van der Waals surface area contributed by atoms with Gasteiger partial charge in [-0.25, -0.2) is 4.79 Å². The molecule has 0 bridgehead atoms. The maximum absolute atomic E-state index is 12.7.